The van der Waals surface area contributed by atoms with Crippen LogP contribution in [0.15, 0.2) is 41.8 Å². The van der Waals surface area contributed by atoms with Gasteiger partial charge in [-0.05, 0) is 55.1 Å². The Bertz CT molecular complexity index is 1240. The van der Waals surface area contributed by atoms with Crippen molar-refractivity contribution in [3.05, 3.63) is 70.1 Å². The highest BCUT2D eigenvalue weighted by Gasteiger charge is 2.15. The molecule has 4 rings (SSSR count). The van der Waals surface area contributed by atoms with Crippen molar-refractivity contribution in [1.82, 2.24) is 14.5 Å². The Balaban J connectivity index is 1.82. The van der Waals surface area contributed by atoms with Crippen molar-refractivity contribution < 1.29 is 0 Å². The number of hydrogen-bond acceptors (Lipinski definition) is 4. The average molecular weight is 369 g/mol. The van der Waals surface area contributed by atoms with Gasteiger partial charge in [0.25, 0.3) is 0 Å². The van der Waals surface area contributed by atoms with Gasteiger partial charge in [-0.25, -0.2) is 4.98 Å². The molecule has 5 nitrogen and oxygen atoms in total. The van der Waals surface area contributed by atoms with Crippen LogP contribution in [-0.4, -0.2) is 14.5 Å². The van der Waals surface area contributed by atoms with Gasteiger partial charge in [-0.1, -0.05) is 12.1 Å². The van der Waals surface area contributed by atoms with Crippen LogP contribution in [0.2, 0.25) is 0 Å². The van der Waals surface area contributed by atoms with E-state index in [1.165, 1.54) is 11.3 Å². The number of nitriles is 2. The standard InChI is InChI=1S/C21H15N5S/c1-13-9-16(14(2)26(13)21-15(11-22)7-8-27-21)10-17(12-23)20-24-18-5-3-4-6-19(18)25-20/h3-10H,1-2H3,(H,24,25). The van der Waals surface area contributed by atoms with Gasteiger partial charge in [0.1, 0.15) is 23.0 Å². The van der Waals surface area contributed by atoms with E-state index in [2.05, 4.69) is 26.7 Å². The van der Waals surface area contributed by atoms with Crippen LogP contribution in [0.4, 0.5) is 0 Å². The molecule has 3 heterocycles. The van der Waals surface area contributed by atoms with E-state index >= 15 is 0 Å². The number of imidazole rings is 1. The van der Waals surface area contributed by atoms with Gasteiger partial charge >= 0.3 is 0 Å². The molecule has 3 aromatic heterocycles. The molecule has 0 saturated heterocycles. The number of para-hydroxylation sites is 2. The number of allylic oxidation sites excluding steroid dienone is 1. The third-order valence-corrected chi connectivity index (χ3v) is 5.40. The Morgan fingerprint density at radius 2 is 2.04 bits per heavy atom. The van der Waals surface area contributed by atoms with Gasteiger partial charge in [0, 0.05) is 11.4 Å². The minimum atomic E-state index is 0.470. The van der Waals surface area contributed by atoms with Gasteiger partial charge in [0.2, 0.25) is 0 Å². The molecule has 0 aliphatic heterocycles. The van der Waals surface area contributed by atoms with Gasteiger partial charge in [0.15, 0.2) is 0 Å². The van der Waals surface area contributed by atoms with Crippen LogP contribution >= 0.6 is 11.3 Å². The van der Waals surface area contributed by atoms with Crippen molar-refractivity contribution >= 4 is 34.0 Å². The van der Waals surface area contributed by atoms with Crippen molar-refractivity contribution in [2.75, 3.05) is 0 Å². The summed E-state index contributed by atoms with van der Waals surface area (Å²) in [4.78, 5) is 7.73. The van der Waals surface area contributed by atoms with E-state index in [9.17, 15) is 10.5 Å². The van der Waals surface area contributed by atoms with Crippen molar-refractivity contribution in [3.63, 3.8) is 0 Å². The van der Waals surface area contributed by atoms with Gasteiger partial charge in [-0.15, -0.1) is 11.3 Å². The Morgan fingerprint density at radius 3 is 2.78 bits per heavy atom. The summed E-state index contributed by atoms with van der Waals surface area (Å²) >= 11 is 1.53. The molecule has 0 unspecified atom stereocenters. The largest absolute Gasteiger partial charge is 0.337 e. The van der Waals surface area contributed by atoms with Gasteiger partial charge < -0.3 is 9.55 Å². The molecule has 0 radical (unpaired) electrons. The maximum absolute atomic E-state index is 9.67. The number of rotatable bonds is 3. The monoisotopic (exact) mass is 369 g/mol. The first-order chi connectivity index (χ1) is 13.1. The van der Waals surface area contributed by atoms with Crippen LogP contribution in [0, 0.1) is 36.5 Å². The Morgan fingerprint density at radius 1 is 1.22 bits per heavy atom. The third-order valence-electron chi connectivity index (χ3n) is 4.50. The zero-order valence-corrected chi connectivity index (χ0v) is 15.6. The molecule has 0 bridgehead atoms. The van der Waals surface area contributed by atoms with E-state index < -0.39 is 0 Å². The summed E-state index contributed by atoms with van der Waals surface area (Å²) in [5.74, 6) is 0.553. The Kier molecular flexibility index (Phi) is 4.12. The number of aromatic nitrogens is 3. The molecule has 0 atom stereocenters. The second kappa shape index (κ2) is 6.60. The first kappa shape index (κ1) is 16.8. The summed E-state index contributed by atoms with van der Waals surface area (Å²) in [5, 5.41) is 21.8. The van der Waals surface area contributed by atoms with E-state index in [4.69, 9.17) is 0 Å². The van der Waals surface area contributed by atoms with E-state index in [1.807, 2.05) is 61.7 Å². The van der Waals surface area contributed by atoms with Crippen LogP contribution in [-0.2, 0) is 0 Å². The number of nitrogens with zero attached hydrogens (tertiary/aromatic N) is 4. The number of nitrogens with one attached hydrogen (secondary N) is 1. The number of H-pyrrole nitrogens is 1. The predicted molar refractivity (Wildman–Crippen MR) is 107 cm³/mol. The summed E-state index contributed by atoms with van der Waals surface area (Å²) in [7, 11) is 0. The summed E-state index contributed by atoms with van der Waals surface area (Å²) in [6.45, 7) is 3.99. The van der Waals surface area contributed by atoms with E-state index in [1.54, 1.807) is 0 Å². The summed E-state index contributed by atoms with van der Waals surface area (Å²) in [6.07, 6.45) is 1.84. The van der Waals surface area contributed by atoms with Crippen LogP contribution in [0.1, 0.15) is 28.3 Å². The van der Waals surface area contributed by atoms with Gasteiger partial charge in [-0.3, -0.25) is 0 Å². The minimum Gasteiger partial charge on any atom is -0.337 e. The molecule has 0 aliphatic carbocycles. The zero-order chi connectivity index (χ0) is 19.0. The van der Waals surface area contributed by atoms with Crippen molar-refractivity contribution in [2.24, 2.45) is 0 Å². The van der Waals surface area contributed by atoms with Crippen LogP contribution < -0.4 is 0 Å². The molecule has 0 saturated carbocycles. The van der Waals surface area contributed by atoms with E-state index in [0.29, 0.717) is 17.0 Å². The molecule has 4 aromatic rings. The summed E-state index contributed by atoms with van der Waals surface area (Å²) in [5.41, 5.74) is 5.78. The van der Waals surface area contributed by atoms with Gasteiger partial charge in [-0.2, -0.15) is 10.5 Å². The molecule has 0 amide bonds. The number of benzene rings is 1. The SMILES string of the molecule is Cc1cc(C=C(C#N)c2nc3ccccc3[nH]2)c(C)n1-c1sccc1C#N. The molecule has 130 valence electrons. The van der Waals surface area contributed by atoms with Gasteiger partial charge in [0.05, 0.1) is 22.2 Å². The number of aryl methyl sites for hydroxylation is 1. The lowest BCUT2D eigenvalue weighted by Crippen LogP contribution is -1.98. The number of thiophene rings is 1. The second-order valence-corrected chi connectivity index (χ2v) is 7.08. The van der Waals surface area contributed by atoms with E-state index in [-0.39, 0.29) is 0 Å². The molecule has 1 N–H and O–H groups in total. The zero-order valence-electron chi connectivity index (χ0n) is 14.8. The fraction of sp³-hybridized carbons (Fsp3) is 0.0952. The maximum Gasteiger partial charge on any atom is 0.149 e. The molecule has 27 heavy (non-hydrogen) atoms. The van der Waals surface area contributed by atoms with Crippen LogP contribution in [0.25, 0.3) is 27.7 Å². The average Bonchev–Trinajstić information content (AvgIpc) is 3.36. The van der Waals surface area contributed by atoms with Crippen LogP contribution in [0.5, 0.6) is 0 Å². The normalized spacial score (nSPS) is 11.5. The first-order valence-corrected chi connectivity index (χ1v) is 9.24. The van der Waals surface area contributed by atoms with Crippen molar-refractivity contribution in [3.8, 4) is 17.1 Å². The third kappa shape index (κ3) is 2.83. The molecule has 0 spiro atoms. The van der Waals surface area contributed by atoms with E-state index in [0.717, 1.165) is 33.0 Å². The lowest BCUT2D eigenvalue weighted by molar-refractivity contribution is 0.981. The van der Waals surface area contributed by atoms with Crippen LogP contribution in [0.3, 0.4) is 0 Å². The molecular weight excluding hydrogens is 354 g/mol. The number of aromatic amines is 1. The Labute approximate surface area is 160 Å². The summed E-state index contributed by atoms with van der Waals surface area (Å²) < 4.78 is 2.06. The highest BCUT2D eigenvalue weighted by molar-refractivity contribution is 7.12. The smallest absolute Gasteiger partial charge is 0.149 e. The predicted octanol–water partition coefficient (Wildman–Crippen LogP) is 4.97. The minimum absolute atomic E-state index is 0.470. The highest BCUT2D eigenvalue weighted by Crippen LogP contribution is 2.29. The lowest BCUT2D eigenvalue weighted by atomic mass is 10.1. The fourth-order valence-corrected chi connectivity index (χ4v) is 4.16. The molecular formula is C21H15N5S. The molecule has 0 aliphatic rings. The topological polar surface area (TPSA) is 81.2 Å². The Hall–Kier alpha value is -3.61. The lowest BCUT2D eigenvalue weighted by Gasteiger charge is -2.07. The fourth-order valence-electron chi connectivity index (χ4n) is 3.20. The quantitative estimate of drug-likeness (QED) is 0.518. The second-order valence-electron chi connectivity index (χ2n) is 6.19. The maximum atomic E-state index is 9.67. The van der Waals surface area contributed by atoms with Crippen molar-refractivity contribution in [2.45, 2.75) is 13.8 Å². The molecule has 0 fully saturated rings. The highest BCUT2D eigenvalue weighted by atomic mass is 32.1. The molecule has 6 heteroatoms. The molecule has 1 aromatic carbocycles. The number of fused-ring (bicyclic) bond motifs is 1. The first-order valence-electron chi connectivity index (χ1n) is 8.36. The summed E-state index contributed by atoms with van der Waals surface area (Å²) in [6, 6.07) is 16.0. The number of hydrogen-bond donors (Lipinski definition) is 1. The van der Waals surface area contributed by atoms with Crippen molar-refractivity contribution in [1.29, 1.82) is 10.5 Å².